The van der Waals surface area contributed by atoms with E-state index in [0.29, 0.717) is 0 Å². The number of nitrogens with zero attached hydrogens (tertiary/aromatic N) is 4. The van der Waals surface area contributed by atoms with Gasteiger partial charge < -0.3 is 9.47 Å². The molecular formula is C19H26N4OS. The fourth-order valence-corrected chi connectivity index (χ4v) is 4.07. The van der Waals surface area contributed by atoms with Gasteiger partial charge in [0, 0.05) is 25.7 Å². The first-order chi connectivity index (χ1) is 12.0. The van der Waals surface area contributed by atoms with Crippen molar-refractivity contribution in [1.29, 1.82) is 0 Å². The number of aryl methyl sites for hydroxylation is 1. The van der Waals surface area contributed by atoms with Gasteiger partial charge in [0.25, 0.3) is 0 Å². The number of carbonyl (C=O) groups is 1. The predicted octanol–water partition coefficient (Wildman–Crippen LogP) is 3.53. The van der Waals surface area contributed by atoms with Crippen LogP contribution in [-0.2, 0) is 11.8 Å². The lowest BCUT2D eigenvalue weighted by molar-refractivity contribution is -0.131. The van der Waals surface area contributed by atoms with E-state index in [0.717, 1.165) is 48.4 Å². The molecule has 1 fully saturated rings. The molecule has 0 bridgehead atoms. The Balaban J connectivity index is 1.71. The minimum atomic E-state index is -0.152. The normalized spacial score (nSPS) is 16.9. The Morgan fingerprint density at radius 3 is 2.60 bits per heavy atom. The summed E-state index contributed by atoms with van der Waals surface area (Å²) in [6, 6.07) is 8.15. The first kappa shape index (κ1) is 18.0. The summed E-state index contributed by atoms with van der Waals surface area (Å²) in [5, 5.41) is 9.30. The van der Waals surface area contributed by atoms with E-state index in [-0.39, 0.29) is 11.2 Å². The summed E-state index contributed by atoms with van der Waals surface area (Å²) >= 11 is 1.49. The maximum Gasteiger partial charge on any atom is 0.235 e. The van der Waals surface area contributed by atoms with Gasteiger partial charge in [-0.2, -0.15) is 0 Å². The molecule has 0 spiro atoms. The number of piperidine rings is 1. The van der Waals surface area contributed by atoms with Crippen LogP contribution in [0.2, 0.25) is 0 Å². The van der Waals surface area contributed by atoms with Crippen LogP contribution in [0.4, 0.5) is 0 Å². The van der Waals surface area contributed by atoms with E-state index in [2.05, 4.69) is 36.2 Å². The van der Waals surface area contributed by atoms with E-state index in [1.165, 1.54) is 17.3 Å². The van der Waals surface area contributed by atoms with Gasteiger partial charge in [0.05, 0.1) is 5.25 Å². The lowest BCUT2D eigenvalue weighted by Gasteiger charge is -2.31. The van der Waals surface area contributed by atoms with Gasteiger partial charge in [-0.05, 0) is 38.2 Å². The Labute approximate surface area is 153 Å². The van der Waals surface area contributed by atoms with Crippen molar-refractivity contribution in [1.82, 2.24) is 19.7 Å². The largest absolute Gasteiger partial charge is 0.342 e. The maximum absolute atomic E-state index is 12.7. The van der Waals surface area contributed by atoms with Crippen molar-refractivity contribution in [2.75, 3.05) is 13.1 Å². The summed E-state index contributed by atoms with van der Waals surface area (Å²) in [4.78, 5) is 14.7. The lowest BCUT2D eigenvalue weighted by Crippen LogP contribution is -2.41. The molecule has 1 aliphatic heterocycles. The van der Waals surface area contributed by atoms with Crippen LogP contribution in [0.25, 0.3) is 11.4 Å². The number of hydrogen-bond acceptors (Lipinski definition) is 4. The number of thioether (sulfide) groups is 1. The Kier molecular flexibility index (Phi) is 5.47. The summed E-state index contributed by atoms with van der Waals surface area (Å²) in [5.41, 5.74) is 2.24. The number of rotatable bonds is 4. The Morgan fingerprint density at radius 1 is 1.24 bits per heavy atom. The van der Waals surface area contributed by atoms with Crippen LogP contribution in [0.1, 0.15) is 32.3 Å². The number of aromatic nitrogens is 3. The predicted molar refractivity (Wildman–Crippen MR) is 101 cm³/mol. The molecule has 1 unspecified atom stereocenters. The highest BCUT2D eigenvalue weighted by molar-refractivity contribution is 8.00. The van der Waals surface area contributed by atoms with E-state index < -0.39 is 0 Å². The molecule has 5 nitrogen and oxygen atoms in total. The number of hydrogen-bond donors (Lipinski definition) is 0. The van der Waals surface area contributed by atoms with Crippen molar-refractivity contribution in [3.05, 3.63) is 29.8 Å². The molecule has 1 atom stereocenters. The maximum atomic E-state index is 12.7. The van der Waals surface area contributed by atoms with Crippen molar-refractivity contribution in [2.24, 2.45) is 13.0 Å². The summed E-state index contributed by atoms with van der Waals surface area (Å²) < 4.78 is 1.98. The molecule has 25 heavy (non-hydrogen) atoms. The van der Waals surface area contributed by atoms with Gasteiger partial charge in [0.15, 0.2) is 11.0 Å². The van der Waals surface area contributed by atoms with Gasteiger partial charge in [0.1, 0.15) is 0 Å². The van der Waals surface area contributed by atoms with E-state index in [1.807, 2.05) is 35.6 Å². The Morgan fingerprint density at radius 2 is 1.92 bits per heavy atom. The van der Waals surface area contributed by atoms with E-state index >= 15 is 0 Å². The SMILES string of the molecule is Cc1ccccc1-c1nnc(SC(C)C(=O)N2CCC(C)CC2)n1C. The molecule has 1 aromatic carbocycles. The van der Waals surface area contributed by atoms with Gasteiger partial charge in [-0.15, -0.1) is 10.2 Å². The van der Waals surface area contributed by atoms with Crippen LogP contribution >= 0.6 is 11.8 Å². The molecule has 1 aromatic heterocycles. The third-order valence-electron chi connectivity index (χ3n) is 4.95. The Bertz CT molecular complexity index is 750. The average molecular weight is 359 g/mol. The van der Waals surface area contributed by atoms with Crippen molar-refractivity contribution in [3.63, 3.8) is 0 Å². The molecule has 3 rings (SSSR count). The van der Waals surface area contributed by atoms with E-state index in [9.17, 15) is 4.79 Å². The smallest absolute Gasteiger partial charge is 0.235 e. The summed E-state index contributed by atoms with van der Waals surface area (Å²) in [6.45, 7) is 8.04. The van der Waals surface area contributed by atoms with Gasteiger partial charge in [-0.25, -0.2) is 0 Å². The van der Waals surface area contributed by atoms with Gasteiger partial charge in [0.2, 0.25) is 5.91 Å². The third kappa shape index (κ3) is 3.89. The van der Waals surface area contributed by atoms with Crippen LogP contribution < -0.4 is 0 Å². The van der Waals surface area contributed by atoms with Crippen molar-refractivity contribution >= 4 is 17.7 Å². The molecular weight excluding hydrogens is 332 g/mol. The first-order valence-electron chi connectivity index (χ1n) is 8.88. The number of amides is 1. The molecule has 0 saturated carbocycles. The van der Waals surface area contributed by atoms with E-state index in [1.54, 1.807) is 0 Å². The zero-order valence-corrected chi connectivity index (χ0v) is 16.2. The Hall–Kier alpha value is -1.82. The van der Waals surface area contributed by atoms with Crippen LogP contribution in [0.5, 0.6) is 0 Å². The third-order valence-corrected chi connectivity index (χ3v) is 6.07. The zero-order valence-electron chi connectivity index (χ0n) is 15.4. The molecule has 0 radical (unpaired) electrons. The first-order valence-corrected chi connectivity index (χ1v) is 9.76. The minimum Gasteiger partial charge on any atom is -0.342 e. The molecule has 1 aliphatic rings. The quantitative estimate of drug-likeness (QED) is 0.785. The fourth-order valence-electron chi connectivity index (χ4n) is 3.17. The molecule has 2 heterocycles. The molecule has 1 saturated heterocycles. The monoisotopic (exact) mass is 358 g/mol. The standard InChI is InChI=1S/C19H26N4OS/c1-13-9-11-23(12-10-13)18(24)15(3)25-19-21-20-17(22(19)4)16-8-6-5-7-14(16)2/h5-8,13,15H,9-12H2,1-4H3. The second-order valence-corrected chi connectivity index (χ2v) is 8.26. The molecule has 2 aromatic rings. The summed E-state index contributed by atoms with van der Waals surface area (Å²) in [5.74, 6) is 1.77. The van der Waals surface area contributed by atoms with E-state index in [4.69, 9.17) is 0 Å². The topological polar surface area (TPSA) is 51.0 Å². The molecule has 134 valence electrons. The second kappa shape index (κ2) is 7.60. The molecule has 1 amide bonds. The fraction of sp³-hybridized carbons (Fsp3) is 0.526. The molecule has 0 N–H and O–H groups in total. The minimum absolute atomic E-state index is 0.152. The van der Waals surface area contributed by atoms with Crippen LogP contribution in [0.15, 0.2) is 29.4 Å². The number of carbonyl (C=O) groups excluding carboxylic acids is 1. The summed E-state index contributed by atoms with van der Waals surface area (Å²) in [6.07, 6.45) is 2.20. The van der Waals surface area contributed by atoms with Crippen molar-refractivity contribution < 1.29 is 4.79 Å². The lowest BCUT2D eigenvalue weighted by atomic mass is 9.99. The van der Waals surface area contributed by atoms with Gasteiger partial charge >= 0.3 is 0 Å². The van der Waals surface area contributed by atoms with Gasteiger partial charge in [-0.3, -0.25) is 4.79 Å². The van der Waals surface area contributed by atoms with Crippen LogP contribution in [-0.4, -0.2) is 43.9 Å². The number of benzene rings is 1. The summed E-state index contributed by atoms with van der Waals surface area (Å²) in [7, 11) is 1.96. The highest BCUT2D eigenvalue weighted by atomic mass is 32.2. The van der Waals surface area contributed by atoms with Crippen molar-refractivity contribution in [3.8, 4) is 11.4 Å². The zero-order chi connectivity index (χ0) is 18.0. The van der Waals surface area contributed by atoms with Crippen molar-refractivity contribution in [2.45, 2.75) is 44.0 Å². The highest BCUT2D eigenvalue weighted by Crippen LogP contribution is 2.28. The number of likely N-dealkylation sites (tertiary alicyclic amines) is 1. The molecule has 6 heteroatoms. The second-order valence-electron chi connectivity index (χ2n) is 6.95. The van der Waals surface area contributed by atoms with Crippen LogP contribution in [0.3, 0.4) is 0 Å². The highest BCUT2D eigenvalue weighted by Gasteiger charge is 2.26. The van der Waals surface area contributed by atoms with Gasteiger partial charge in [-0.1, -0.05) is 43.0 Å². The molecule has 0 aliphatic carbocycles. The van der Waals surface area contributed by atoms with Crippen LogP contribution in [0, 0.1) is 12.8 Å². The average Bonchev–Trinajstić information content (AvgIpc) is 2.96.